The molecule has 2 aromatic carbocycles. The van der Waals surface area contributed by atoms with Gasteiger partial charge in [-0.3, -0.25) is 4.79 Å². The molecule has 1 aromatic heterocycles. The highest BCUT2D eigenvalue weighted by Crippen LogP contribution is 2.29. The minimum absolute atomic E-state index is 0.0474. The van der Waals surface area contributed by atoms with Crippen LogP contribution in [0.2, 0.25) is 0 Å². The summed E-state index contributed by atoms with van der Waals surface area (Å²) in [7, 11) is 0. The third-order valence-electron chi connectivity index (χ3n) is 3.93. The van der Waals surface area contributed by atoms with Crippen LogP contribution < -0.4 is 0 Å². The molecule has 4 heteroatoms. The summed E-state index contributed by atoms with van der Waals surface area (Å²) in [6, 6.07) is 16.2. The number of halogens is 1. The van der Waals surface area contributed by atoms with E-state index in [1.165, 1.54) is 5.56 Å². The number of nitrogens with zero attached hydrogens (tertiary/aromatic N) is 1. The van der Waals surface area contributed by atoms with Crippen molar-refractivity contribution in [1.29, 1.82) is 0 Å². The largest absolute Gasteiger partial charge is 0.481 e. The standard InChI is InChI=1S/C18H16BrNO2/c1-12-16(10-18(21)22)15-8-7-14(19)9-17(15)20(12)11-13-5-3-2-4-6-13/h2-9H,10-11H2,1H3,(H,21,22). The van der Waals surface area contributed by atoms with Crippen LogP contribution in [0.25, 0.3) is 10.9 Å². The predicted octanol–water partition coefficient (Wildman–Crippen LogP) is 4.39. The van der Waals surface area contributed by atoms with Gasteiger partial charge in [-0.2, -0.15) is 0 Å². The Labute approximate surface area is 137 Å². The Balaban J connectivity index is 2.17. The third kappa shape index (κ3) is 2.79. The van der Waals surface area contributed by atoms with Gasteiger partial charge in [0.15, 0.2) is 0 Å². The molecule has 0 amide bonds. The van der Waals surface area contributed by atoms with Crippen molar-refractivity contribution >= 4 is 32.8 Å². The van der Waals surface area contributed by atoms with E-state index >= 15 is 0 Å². The molecule has 0 aliphatic heterocycles. The molecule has 0 saturated carbocycles. The molecule has 112 valence electrons. The molecule has 0 saturated heterocycles. The quantitative estimate of drug-likeness (QED) is 0.752. The predicted molar refractivity (Wildman–Crippen MR) is 91.3 cm³/mol. The molecule has 0 fully saturated rings. The van der Waals surface area contributed by atoms with Crippen molar-refractivity contribution in [2.45, 2.75) is 19.9 Å². The van der Waals surface area contributed by atoms with Gasteiger partial charge in [-0.1, -0.05) is 52.3 Å². The normalized spacial score (nSPS) is 11.0. The van der Waals surface area contributed by atoms with Crippen molar-refractivity contribution in [3.63, 3.8) is 0 Å². The van der Waals surface area contributed by atoms with Crippen molar-refractivity contribution < 1.29 is 9.90 Å². The second-order valence-corrected chi connectivity index (χ2v) is 6.28. The lowest BCUT2D eigenvalue weighted by Gasteiger charge is -2.09. The van der Waals surface area contributed by atoms with Crippen molar-refractivity contribution in [3.05, 3.63) is 69.8 Å². The van der Waals surface area contributed by atoms with E-state index in [1.807, 2.05) is 37.3 Å². The van der Waals surface area contributed by atoms with Gasteiger partial charge in [-0.25, -0.2) is 0 Å². The van der Waals surface area contributed by atoms with Crippen LogP contribution in [0.1, 0.15) is 16.8 Å². The molecule has 0 aliphatic rings. The molecule has 0 aliphatic carbocycles. The molecule has 3 aromatic rings. The SMILES string of the molecule is Cc1c(CC(=O)O)c2ccc(Br)cc2n1Cc1ccccc1. The lowest BCUT2D eigenvalue weighted by molar-refractivity contribution is -0.136. The zero-order chi connectivity index (χ0) is 15.7. The van der Waals surface area contributed by atoms with E-state index in [4.69, 9.17) is 0 Å². The summed E-state index contributed by atoms with van der Waals surface area (Å²) in [5.74, 6) is -0.801. The van der Waals surface area contributed by atoms with E-state index in [2.05, 4.69) is 38.7 Å². The van der Waals surface area contributed by atoms with Gasteiger partial charge < -0.3 is 9.67 Å². The molecule has 22 heavy (non-hydrogen) atoms. The number of fused-ring (bicyclic) bond motifs is 1. The number of hydrogen-bond acceptors (Lipinski definition) is 1. The van der Waals surface area contributed by atoms with Gasteiger partial charge in [0.1, 0.15) is 0 Å². The summed E-state index contributed by atoms with van der Waals surface area (Å²) in [6.45, 7) is 2.73. The number of carboxylic acid groups (broad SMARTS) is 1. The van der Waals surface area contributed by atoms with Gasteiger partial charge in [0.25, 0.3) is 0 Å². The fourth-order valence-electron chi connectivity index (χ4n) is 2.87. The van der Waals surface area contributed by atoms with Crippen molar-refractivity contribution in [1.82, 2.24) is 4.57 Å². The van der Waals surface area contributed by atoms with Gasteiger partial charge in [0.05, 0.1) is 6.42 Å². The van der Waals surface area contributed by atoms with Gasteiger partial charge >= 0.3 is 5.97 Å². The number of benzene rings is 2. The maximum absolute atomic E-state index is 11.2. The van der Waals surface area contributed by atoms with Crippen LogP contribution in [0.5, 0.6) is 0 Å². The molecule has 0 atom stereocenters. The fourth-order valence-corrected chi connectivity index (χ4v) is 3.21. The van der Waals surface area contributed by atoms with Crippen molar-refractivity contribution in [2.75, 3.05) is 0 Å². The first-order valence-electron chi connectivity index (χ1n) is 7.09. The maximum Gasteiger partial charge on any atom is 0.307 e. The van der Waals surface area contributed by atoms with Crippen LogP contribution in [0.4, 0.5) is 0 Å². The highest BCUT2D eigenvalue weighted by atomic mass is 79.9. The van der Waals surface area contributed by atoms with Crippen LogP contribution >= 0.6 is 15.9 Å². The highest BCUT2D eigenvalue weighted by molar-refractivity contribution is 9.10. The highest BCUT2D eigenvalue weighted by Gasteiger charge is 2.16. The number of aliphatic carboxylic acids is 1. The van der Waals surface area contributed by atoms with Crippen molar-refractivity contribution in [2.24, 2.45) is 0 Å². The smallest absolute Gasteiger partial charge is 0.307 e. The summed E-state index contributed by atoms with van der Waals surface area (Å²) in [4.78, 5) is 11.2. The van der Waals surface area contributed by atoms with Crippen LogP contribution in [-0.4, -0.2) is 15.6 Å². The van der Waals surface area contributed by atoms with Gasteiger partial charge in [0, 0.05) is 27.6 Å². The van der Waals surface area contributed by atoms with Crippen LogP contribution in [0, 0.1) is 6.92 Å². The molecule has 3 nitrogen and oxygen atoms in total. The zero-order valence-corrected chi connectivity index (χ0v) is 13.8. The molecule has 1 heterocycles. The monoisotopic (exact) mass is 357 g/mol. The zero-order valence-electron chi connectivity index (χ0n) is 12.2. The minimum Gasteiger partial charge on any atom is -0.481 e. The van der Waals surface area contributed by atoms with Crippen LogP contribution in [-0.2, 0) is 17.8 Å². The Morgan fingerprint density at radius 2 is 1.91 bits per heavy atom. The first-order valence-corrected chi connectivity index (χ1v) is 7.88. The van der Waals surface area contributed by atoms with Gasteiger partial charge in [-0.15, -0.1) is 0 Å². The lowest BCUT2D eigenvalue weighted by atomic mass is 10.1. The second-order valence-electron chi connectivity index (χ2n) is 5.37. The summed E-state index contributed by atoms with van der Waals surface area (Å²) < 4.78 is 3.18. The molecular formula is C18H16BrNO2. The van der Waals surface area contributed by atoms with Crippen LogP contribution in [0.15, 0.2) is 53.0 Å². The second kappa shape index (κ2) is 5.97. The molecular weight excluding hydrogens is 342 g/mol. The number of carbonyl (C=O) groups is 1. The number of rotatable bonds is 4. The fraction of sp³-hybridized carbons (Fsp3) is 0.167. The topological polar surface area (TPSA) is 42.2 Å². The van der Waals surface area contributed by atoms with E-state index in [0.717, 1.165) is 33.2 Å². The van der Waals surface area contributed by atoms with Gasteiger partial charge in [0.2, 0.25) is 0 Å². The summed E-state index contributed by atoms with van der Waals surface area (Å²) in [5, 5.41) is 10.2. The number of aromatic nitrogens is 1. The molecule has 3 rings (SSSR count). The maximum atomic E-state index is 11.2. The number of hydrogen-bond donors (Lipinski definition) is 1. The Morgan fingerprint density at radius 1 is 1.18 bits per heavy atom. The average molecular weight is 358 g/mol. The summed E-state index contributed by atoms with van der Waals surface area (Å²) in [6.07, 6.45) is 0.0474. The molecule has 1 N–H and O–H groups in total. The first kappa shape index (κ1) is 14.9. The molecule has 0 bridgehead atoms. The Bertz CT molecular complexity index is 837. The minimum atomic E-state index is -0.801. The Kier molecular flexibility index (Phi) is 4.03. The summed E-state index contributed by atoms with van der Waals surface area (Å²) >= 11 is 3.51. The van der Waals surface area contributed by atoms with Crippen molar-refractivity contribution in [3.8, 4) is 0 Å². The van der Waals surface area contributed by atoms with Crippen LogP contribution in [0.3, 0.4) is 0 Å². The average Bonchev–Trinajstić information content (AvgIpc) is 2.73. The van der Waals surface area contributed by atoms with E-state index in [-0.39, 0.29) is 6.42 Å². The van der Waals surface area contributed by atoms with E-state index in [9.17, 15) is 9.90 Å². The van der Waals surface area contributed by atoms with E-state index < -0.39 is 5.97 Å². The van der Waals surface area contributed by atoms with E-state index in [0.29, 0.717) is 0 Å². The third-order valence-corrected chi connectivity index (χ3v) is 4.42. The molecule has 0 radical (unpaired) electrons. The number of carboxylic acids is 1. The first-order chi connectivity index (χ1) is 10.6. The van der Waals surface area contributed by atoms with Gasteiger partial charge in [-0.05, 0) is 30.2 Å². The lowest BCUT2D eigenvalue weighted by Crippen LogP contribution is -2.05. The Hall–Kier alpha value is -2.07. The summed E-state index contributed by atoms with van der Waals surface area (Å²) in [5.41, 5.74) is 4.17. The van der Waals surface area contributed by atoms with E-state index in [1.54, 1.807) is 0 Å². The molecule has 0 unspecified atom stereocenters. The molecule has 0 spiro atoms. The Morgan fingerprint density at radius 3 is 2.59 bits per heavy atom.